The summed E-state index contributed by atoms with van der Waals surface area (Å²) in [5, 5.41) is 22.7. The molecule has 1 aromatic rings. The zero-order chi connectivity index (χ0) is 13.6. The van der Waals surface area contributed by atoms with Gasteiger partial charge in [-0.3, -0.25) is 0 Å². The molecule has 0 bridgehead atoms. The highest BCUT2D eigenvalue weighted by Crippen LogP contribution is 2.38. The third-order valence-corrected chi connectivity index (χ3v) is 3.73. The van der Waals surface area contributed by atoms with Crippen molar-refractivity contribution in [3.8, 4) is 11.5 Å². The van der Waals surface area contributed by atoms with Crippen LogP contribution in [-0.4, -0.2) is 35.3 Å². The van der Waals surface area contributed by atoms with Gasteiger partial charge in [-0.05, 0) is 50.1 Å². The number of phenols is 2. The second-order valence-corrected chi connectivity index (χ2v) is 5.59. The molecule has 1 aromatic carbocycles. The van der Waals surface area contributed by atoms with Gasteiger partial charge in [0.05, 0.1) is 12.6 Å². The first kappa shape index (κ1) is 12.7. The van der Waals surface area contributed by atoms with Crippen LogP contribution >= 0.6 is 0 Å². The van der Waals surface area contributed by atoms with Crippen LogP contribution in [0.4, 0.5) is 0 Å². The van der Waals surface area contributed by atoms with Gasteiger partial charge < -0.3 is 25.0 Å². The molecular weight excluding hydrogens is 246 g/mol. The van der Waals surface area contributed by atoms with Crippen LogP contribution in [0.25, 0.3) is 0 Å². The standard InChI is InChI=1S/C14H19NO4/c1-14(2)18-7-12(19-14)13-9-6-11(17)10(16)5-8(9)3-4-15-13/h5-6,12-13,15-17H,3-4,7H2,1-2H3/t12-,13-/m1/s1. The molecule has 2 atom stereocenters. The van der Waals surface area contributed by atoms with E-state index in [1.807, 2.05) is 13.8 Å². The maximum absolute atomic E-state index is 9.69. The summed E-state index contributed by atoms with van der Waals surface area (Å²) in [6, 6.07) is 3.24. The van der Waals surface area contributed by atoms with Crippen molar-refractivity contribution < 1.29 is 19.7 Å². The van der Waals surface area contributed by atoms with Crippen LogP contribution in [0.15, 0.2) is 12.1 Å². The van der Waals surface area contributed by atoms with E-state index in [0.717, 1.165) is 24.1 Å². The maximum Gasteiger partial charge on any atom is 0.163 e. The minimum atomic E-state index is -0.567. The molecule has 2 aliphatic rings. The van der Waals surface area contributed by atoms with Crippen molar-refractivity contribution in [2.45, 2.75) is 38.2 Å². The van der Waals surface area contributed by atoms with Gasteiger partial charge in [-0.15, -0.1) is 0 Å². The molecule has 1 fully saturated rings. The van der Waals surface area contributed by atoms with E-state index in [4.69, 9.17) is 9.47 Å². The van der Waals surface area contributed by atoms with Crippen molar-refractivity contribution in [3.63, 3.8) is 0 Å². The Labute approximate surface area is 112 Å². The smallest absolute Gasteiger partial charge is 0.163 e. The molecule has 1 saturated heterocycles. The lowest BCUT2D eigenvalue weighted by molar-refractivity contribution is -0.142. The molecular formula is C14H19NO4. The minimum Gasteiger partial charge on any atom is -0.504 e. The van der Waals surface area contributed by atoms with Crippen molar-refractivity contribution in [2.24, 2.45) is 0 Å². The summed E-state index contributed by atoms with van der Waals surface area (Å²) >= 11 is 0. The van der Waals surface area contributed by atoms with Crippen LogP contribution in [0, 0.1) is 0 Å². The van der Waals surface area contributed by atoms with Gasteiger partial charge in [0.25, 0.3) is 0 Å². The topological polar surface area (TPSA) is 71.0 Å². The number of hydrogen-bond donors (Lipinski definition) is 3. The van der Waals surface area contributed by atoms with Gasteiger partial charge in [0.2, 0.25) is 0 Å². The van der Waals surface area contributed by atoms with E-state index in [1.54, 1.807) is 12.1 Å². The Morgan fingerprint density at radius 1 is 1.26 bits per heavy atom. The van der Waals surface area contributed by atoms with Crippen LogP contribution in [-0.2, 0) is 15.9 Å². The van der Waals surface area contributed by atoms with E-state index in [-0.39, 0.29) is 23.6 Å². The summed E-state index contributed by atoms with van der Waals surface area (Å²) in [6.45, 7) is 5.13. The van der Waals surface area contributed by atoms with E-state index < -0.39 is 5.79 Å². The fourth-order valence-electron chi connectivity index (χ4n) is 2.83. The average Bonchev–Trinajstić information content (AvgIpc) is 2.70. The Balaban J connectivity index is 1.92. The molecule has 5 heteroatoms. The van der Waals surface area contributed by atoms with Crippen LogP contribution < -0.4 is 5.32 Å². The van der Waals surface area contributed by atoms with Gasteiger partial charge in [0, 0.05) is 0 Å². The van der Waals surface area contributed by atoms with E-state index in [1.165, 1.54) is 0 Å². The molecule has 0 radical (unpaired) electrons. The quantitative estimate of drug-likeness (QED) is 0.670. The van der Waals surface area contributed by atoms with E-state index in [2.05, 4.69) is 5.32 Å². The molecule has 0 spiro atoms. The lowest BCUT2D eigenvalue weighted by Crippen LogP contribution is -2.39. The number of nitrogens with one attached hydrogen (secondary N) is 1. The predicted molar refractivity (Wildman–Crippen MR) is 69.1 cm³/mol. The molecule has 104 valence electrons. The summed E-state index contributed by atoms with van der Waals surface area (Å²) in [6.07, 6.45) is 0.745. The van der Waals surface area contributed by atoms with Crippen LogP contribution in [0.1, 0.15) is 31.0 Å². The van der Waals surface area contributed by atoms with E-state index >= 15 is 0 Å². The van der Waals surface area contributed by atoms with Crippen LogP contribution in [0.2, 0.25) is 0 Å². The Hall–Kier alpha value is -1.30. The Morgan fingerprint density at radius 3 is 2.68 bits per heavy atom. The maximum atomic E-state index is 9.69. The minimum absolute atomic E-state index is 0.0166. The lowest BCUT2D eigenvalue weighted by Gasteiger charge is -2.31. The van der Waals surface area contributed by atoms with Gasteiger partial charge in [0.15, 0.2) is 17.3 Å². The molecule has 0 saturated carbocycles. The van der Waals surface area contributed by atoms with Gasteiger partial charge >= 0.3 is 0 Å². The normalized spacial score (nSPS) is 29.2. The van der Waals surface area contributed by atoms with Gasteiger partial charge in [-0.25, -0.2) is 0 Å². The largest absolute Gasteiger partial charge is 0.504 e. The zero-order valence-electron chi connectivity index (χ0n) is 11.1. The first-order chi connectivity index (χ1) is 8.96. The summed E-state index contributed by atoms with van der Waals surface area (Å²) in [4.78, 5) is 0. The predicted octanol–water partition coefficient (Wildman–Crippen LogP) is 1.44. The Bertz CT molecular complexity index is 500. The van der Waals surface area contributed by atoms with Crippen molar-refractivity contribution >= 4 is 0 Å². The monoisotopic (exact) mass is 265 g/mol. The number of rotatable bonds is 1. The number of aromatic hydroxyl groups is 2. The van der Waals surface area contributed by atoms with Crippen molar-refractivity contribution in [1.29, 1.82) is 0 Å². The molecule has 2 aliphatic heterocycles. The Kier molecular flexibility index (Phi) is 2.92. The third kappa shape index (κ3) is 2.29. The number of phenolic OH excluding ortho intramolecular Hbond substituents is 2. The highest BCUT2D eigenvalue weighted by Gasteiger charge is 2.39. The second-order valence-electron chi connectivity index (χ2n) is 5.59. The number of benzene rings is 1. The molecule has 3 rings (SSSR count). The number of fused-ring (bicyclic) bond motifs is 1. The first-order valence-electron chi connectivity index (χ1n) is 6.56. The zero-order valence-corrected chi connectivity index (χ0v) is 11.1. The second kappa shape index (κ2) is 4.37. The van der Waals surface area contributed by atoms with Crippen LogP contribution in [0.3, 0.4) is 0 Å². The average molecular weight is 265 g/mol. The molecule has 0 unspecified atom stereocenters. The first-order valence-corrected chi connectivity index (χ1v) is 6.56. The number of hydrogen-bond acceptors (Lipinski definition) is 5. The third-order valence-electron chi connectivity index (χ3n) is 3.73. The van der Waals surface area contributed by atoms with Crippen molar-refractivity contribution in [1.82, 2.24) is 5.32 Å². The summed E-state index contributed by atoms with van der Waals surface area (Å²) in [5.74, 6) is -0.725. The molecule has 0 amide bonds. The van der Waals surface area contributed by atoms with Crippen molar-refractivity contribution in [2.75, 3.05) is 13.2 Å². The SMILES string of the molecule is CC1(C)OC[C@H]([C@@H]2NCCc3cc(O)c(O)cc32)O1. The molecule has 2 heterocycles. The highest BCUT2D eigenvalue weighted by molar-refractivity contribution is 5.48. The molecule has 3 N–H and O–H groups in total. The summed E-state index contributed by atoms with van der Waals surface area (Å²) in [5.41, 5.74) is 2.03. The van der Waals surface area contributed by atoms with Crippen molar-refractivity contribution in [3.05, 3.63) is 23.3 Å². The lowest BCUT2D eigenvalue weighted by atomic mass is 9.90. The van der Waals surface area contributed by atoms with Gasteiger partial charge in [-0.2, -0.15) is 0 Å². The fourth-order valence-corrected chi connectivity index (χ4v) is 2.83. The fraction of sp³-hybridized carbons (Fsp3) is 0.571. The molecule has 0 aliphatic carbocycles. The number of ether oxygens (including phenoxy) is 2. The van der Waals surface area contributed by atoms with E-state index in [0.29, 0.717) is 6.61 Å². The molecule has 5 nitrogen and oxygen atoms in total. The van der Waals surface area contributed by atoms with Gasteiger partial charge in [-0.1, -0.05) is 0 Å². The summed E-state index contributed by atoms with van der Waals surface area (Å²) in [7, 11) is 0. The summed E-state index contributed by atoms with van der Waals surface area (Å²) < 4.78 is 11.5. The molecule has 0 aromatic heterocycles. The molecule has 19 heavy (non-hydrogen) atoms. The van der Waals surface area contributed by atoms with Crippen LogP contribution in [0.5, 0.6) is 11.5 Å². The van der Waals surface area contributed by atoms with Gasteiger partial charge in [0.1, 0.15) is 6.10 Å². The van der Waals surface area contributed by atoms with E-state index in [9.17, 15) is 10.2 Å². The Morgan fingerprint density at radius 2 is 2.00 bits per heavy atom. The highest BCUT2D eigenvalue weighted by atomic mass is 16.7.